The summed E-state index contributed by atoms with van der Waals surface area (Å²) < 4.78 is 4.99. The number of nitrogens with zero attached hydrogens (tertiary/aromatic N) is 2. The van der Waals surface area contributed by atoms with E-state index in [4.69, 9.17) is 4.74 Å². The predicted octanol–water partition coefficient (Wildman–Crippen LogP) is 4.00. The fourth-order valence-corrected chi connectivity index (χ4v) is 3.80. The lowest BCUT2D eigenvalue weighted by molar-refractivity contribution is -0.134. The Morgan fingerprint density at radius 2 is 2.00 bits per heavy atom. The molecule has 5 nitrogen and oxygen atoms in total. The van der Waals surface area contributed by atoms with Crippen LogP contribution in [0, 0.1) is 0 Å². The number of carbonyl (C=O) groups excluding carboxylic acids is 2. The van der Waals surface area contributed by atoms with Crippen LogP contribution in [-0.2, 0) is 16.1 Å². The number of aromatic nitrogens is 1. The molecule has 0 unspecified atom stereocenters. The molecule has 138 valence electrons. The minimum Gasteiger partial charge on any atom is -0.461 e. The number of ether oxygens (including phenoxy) is 1. The van der Waals surface area contributed by atoms with E-state index in [1.807, 2.05) is 42.2 Å². The summed E-state index contributed by atoms with van der Waals surface area (Å²) in [4.78, 5) is 31.3. The Hall–Kier alpha value is -2.21. The van der Waals surface area contributed by atoms with Gasteiger partial charge < -0.3 is 9.64 Å². The molecule has 26 heavy (non-hydrogen) atoms. The van der Waals surface area contributed by atoms with Crippen LogP contribution < -0.4 is 0 Å². The van der Waals surface area contributed by atoms with Crippen LogP contribution in [0.5, 0.6) is 0 Å². The van der Waals surface area contributed by atoms with Crippen molar-refractivity contribution in [2.45, 2.75) is 51.6 Å². The SMILES string of the molecule is CCOC(=O)c1csc(CN(C(=O)[C@@H](CC)c2ccccc2)C2CC2)n1. The van der Waals surface area contributed by atoms with Gasteiger partial charge in [-0.05, 0) is 31.7 Å². The average molecular weight is 372 g/mol. The van der Waals surface area contributed by atoms with Gasteiger partial charge >= 0.3 is 5.97 Å². The van der Waals surface area contributed by atoms with Crippen LogP contribution in [0.15, 0.2) is 35.7 Å². The normalized spacial score (nSPS) is 14.7. The van der Waals surface area contributed by atoms with Crippen molar-refractivity contribution in [2.24, 2.45) is 0 Å². The molecule has 1 atom stereocenters. The number of carbonyl (C=O) groups is 2. The maximum Gasteiger partial charge on any atom is 0.357 e. The van der Waals surface area contributed by atoms with Crippen molar-refractivity contribution in [1.82, 2.24) is 9.88 Å². The number of hydrogen-bond acceptors (Lipinski definition) is 5. The molecule has 0 aliphatic heterocycles. The Kier molecular flexibility index (Phi) is 6.04. The van der Waals surface area contributed by atoms with Gasteiger partial charge in [-0.2, -0.15) is 0 Å². The van der Waals surface area contributed by atoms with Gasteiger partial charge in [-0.25, -0.2) is 9.78 Å². The van der Waals surface area contributed by atoms with Crippen LogP contribution in [0.4, 0.5) is 0 Å². The lowest BCUT2D eigenvalue weighted by atomic mass is 9.95. The molecule has 1 fully saturated rings. The van der Waals surface area contributed by atoms with E-state index < -0.39 is 5.97 Å². The van der Waals surface area contributed by atoms with Crippen LogP contribution in [-0.4, -0.2) is 34.4 Å². The summed E-state index contributed by atoms with van der Waals surface area (Å²) in [5.74, 6) is -0.398. The van der Waals surface area contributed by atoms with Crippen molar-refractivity contribution in [3.05, 3.63) is 52.0 Å². The van der Waals surface area contributed by atoms with Gasteiger partial charge in [0.25, 0.3) is 0 Å². The van der Waals surface area contributed by atoms with E-state index >= 15 is 0 Å². The lowest BCUT2D eigenvalue weighted by Gasteiger charge is -2.26. The average Bonchev–Trinajstić information content (AvgIpc) is 3.39. The van der Waals surface area contributed by atoms with Crippen LogP contribution in [0.1, 0.15) is 60.1 Å². The van der Waals surface area contributed by atoms with E-state index in [1.165, 1.54) is 11.3 Å². The fourth-order valence-electron chi connectivity index (χ4n) is 3.04. The Bertz CT molecular complexity index is 755. The van der Waals surface area contributed by atoms with Crippen molar-refractivity contribution in [2.75, 3.05) is 6.61 Å². The molecule has 1 aliphatic rings. The Morgan fingerprint density at radius 3 is 2.62 bits per heavy atom. The highest BCUT2D eigenvalue weighted by molar-refractivity contribution is 7.09. The van der Waals surface area contributed by atoms with Crippen LogP contribution in [0.25, 0.3) is 0 Å². The van der Waals surface area contributed by atoms with Crippen LogP contribution in [0.2, 0.25) is 0 Å². The zero-order chi connectivity index (χ0) is 18.5. The first-order valence-corrected chi connectivity index (χ1v) is 9.98. The quantitative estimate of drug-likeness (QED) is 0.657. The third-order valence-electron chi connectivity index (χ3n) is 4.52. The molecule has 1 aromatic heterocycles. The lowest BCUT2D eigenvalue weighted by Crippen LogP contribution is -2.36. The molecule has 0 spiro atoms. The molecule has 1 aliphatic carbocycles. The standard InChI is InChI=1S/C20H24N2O3S/c1-3-16(14-8-6-5-7-9-14)19(23)22(15-10-11-15)12-18-21-17(13-26-18)20(24)25-4-2/h5-9,13,15-16H,3-4,10-12H2,1-2H3/t16-/m0/s1. The number of hydrogen-bond donors (Lipinski definition) is 0. The van der Waals surface area contributed by atoms with Gasteiger partial charge in [-0.15, -0.1) is 11.3 Å². The smallest absolute Gasteiger partial charge is 0.357 e. The van der Waals surface area contributed by atoms with Gasteiger partial charge in [0.1, 0.15) is 5.01 Å². The largest absolute Gasteiger partial charge is 0.461 e. The Morgan fingerprint density at radius 1 is 1.27 bits per heavy atom. The van der Waals surface area contributed by atoms with E-state index in [-0.39, 0.29) is 17.9 Å². The van der Waals surface area contributed by atoms with Gasteiger partial charge in [-0.3, -0.25) is 4.79 Å². The van der Waals surface area contributed by atoms with Crippen molar-refractivity contribution >= 4 is 23.2 Å². The maximum absolute atomic E-state index is 13.2. The molecule has 1 aromatic carbocycles. The number of amides is 1. The zero-order valence-electron chi connectivity index (χ0n) is 15.2. The van der Waals surface area contributed by atoms with Gasteiger partial charge in [0.05, 0.1) is 19.1 Å². The second kappa shape index (κ2) is 8.45. The molecule has 0 bridgehead atoms. The van der Waals surface area contributed by atoms with E-state index in [0.29, 0.717) is 18.8 Å². The van der Waals surface area contributed by atoms with Crippen molar-refractivity contribution in [3.8, 4) is 0 Å². The Labute approximate surface area is 158 Å². The molecule has 1 saturated carbocycles. The maximum atomic E-state index is 13.2. The molecule has 1 heterocycles. The molecule has 0 N–H and O–H groups in total. The van der Waals surface area contributed by atoms with Crippen LogP contribution >= 0.6 is 11.3 Å². The number of thiazole rings is 1. The van der Waals surface area contributed by atoms with Crippen LogP contribution in [0.3, 0.4) is 0 Å². The summed E-state index contributed by atoms with van der Waals surface area (Å²) in [6.07, 6.45) is 2.83. The monoisotopic (exact) mass is 372 g/mol. The minimum atomic E-state index is -0.407. The number of rotatable bonds is 8. The summed E-state index contributed by atoms with van der Waals surface area (Å²) in [7, 11) is 0. The molecule has 1 amide bonds. The van der Waals surface area contributed by atoms with E-state index in [9.17, 15) is 9.59 Å². The van der Waals surface area contributed by atoms with E-state index in [2.05, 4.69) is 4.98 Å². The molecule has 2 aromatic rings. The summed E-state index contributed by atoms with van der Waals surface area (Å²) in [6, 6.07) is 10.2. The minimum absolute atomic E-state index is 0.138. The predicted molar refractivity (Wildman–Crippen MR) is 101 cm³/mol. The van der Waals surface area contributed by atoms with Gasteiger partial charge in [-0.1, -0.05) is 37.3 Å². The topological polar surface area (TPSA) is 59.5 Å². The van der Waals surface area contributed by atoms with Crippen molar-refractivity contribution < 1.29 is 14.3 Å². The first kappa shape index (κ1) is 18.6. The molecule has 3 rings (SSSR count). The molecule has 6 heteroatoms. The van der Waals surface area contributed by atoms with Crippen molar-refractivity contribution in [1.29, 1.82) is 0 Å². The first-order valence-electron chi connectivity index (χ1n) is 9.11. The third-order valence-corrected chi connectivity index (χ3v) is 5.35. The Balaban J connectivity index is 1.75. The summed E-state index contributed by atoms with van der Waals surface area (Å²) in [5, 5.41) is 2.48. The summed E-state index contributed by atoms with van der Waals surface area (Å²) in [5.41, 5.74) is 1.38. The second-order valence-electron chi connectivity index (χ2n) is 6.42. The zero-order valence-corrected chi connectivity index (χ0v) is 16.0. The molecule has 0 saturated heterocycles. The van der Waals surface area contributed by atoms with E-state index in [1.54, 1.807) is 12.3 Å². The number of esters is 1. The van der Waals surface area contributed by atoms with Gasteiger partial charge in [0.15, 0.2) is 5.69 Å². The first-order chi connectivity index (χ1) is 12.6. The van der Waals surface area contributed by atoms with Gasteiger partial charge in [0, 0.05) is 11.4 Å². The molecule has 0 radical (unpaired) electrons. The molecular formula is C20H24N2O3S. The van der Waals surface area contributed by atoms with Gasteiger partial charge in [0.2, 0.25) is 5.91 Å². The third kappa shape index (κ3) is 4.30. The number of benzene rings is 1. The highest BCUT2D eigenvalue weighted by Crippen LogP contribution is 2.33. The fraction of sp³-hybridized carbons (Fsp3) is 0.450. The summed E-state index contributed by atoms with van der Waals surface area (Å²) in [6.45, 7) is 4.60. The highest BCUT2D eigenvalue weighted by Gasteiger charge is 2.36. The highest BCUT2D eigenvalue weighted by atomic mass is 32.1. The molecular weight excluding hydrogens is 348 g/mol. The van der Waals surface area contributed by atoms with E-state index in [0.717, 1.165) is 29.8 Å². The van der Waals surface area contributed by atoms with Crippen molar-refractivity contribution in [3.63, 3.8) is 0 Å². The summed E-state index contributed by atoms with van der Waals surface area (Å²) >= 11 is 1.40. The second-order valence-corrected chi connectivity index (χ2v) is 7.36.